The molecule has 0 saturated carbocycles. The molecule has 0 aliphatic carbocycles. The highest BCUT2D eigenvalue weighted by Gasteiger charge is 2.19. The van der Waals surface area contributed by atoms with E-state index in [0.717, 1.165) is 25.5 Å². The van der Waals surface area contributed by atoms with Gasteiger partial charge in [-0.25, -0.2) is 4.98 Å². The van der Waals surface area contributed by atoms with Gasteiger partial charge >= 0.3 is 0 Å². The molecule has 1 aromatic heterocycles. The van der Waals surface area contributed by atoms with E-state index in [1.54, 1.807) is 18.3 Å². The van der Waals surface area contributed by atoms with Crippen molar-refractivity contribution in [2.45, 2.75) is 18.9 Å². The standard InChI is InChI=1S/C18H20N4/c19-13-15-8-9-20-18(12-15)21-17(14-22-10-4-5-11-22)16-6-2-1-3-7-16/h1-3,6-9,12,17H,4-5,10-11,14H2,(H,20,21)/t17-/m1/s1. The molecule has 4 heteroatoms. The van der Waals surface area contributed by atoms with Gasteiger partial charge in [-0.2, -0.15) is 5.26 Å². The fourth-order valence-electron chi connectivity index (χ4n) is 2.90. The van der Waals surface area contributed by atoms with Crippen LogP contribution in [-0.2, 0) is 0 Å². The number of benzene rings is 1. The van der Waals surface area contributed by atoms with E-state index in [9.17, 15) is 0 Å². The number of nitriles is 1. The maximum atomic E-state index is 9.03. The first-order chi connectivity index (χ1) is 10.8. The van der Waals surface area contributed by atoms with Gasteiger partial charge in [0.15, 0.2) is 0 Å². The van der Waals surface area contributed by atoms with Crippen LogP contribution in [0.15, 0.2) is 48.7 Å². The summed E-state index contributed by atoms with van der Waals surface area (Å²) >= 11 is 0. The molecule has 112 valence electrons. The molecule has 0 amide bonds. The van der Waals surface area contributed by atoms with Crippen LogP contribution in [0, 0.1) is 11.3 Å². The van der Waals surface area contributed by atoms with Gasteiger partial charge in [-0.1, -0.05) is 30.3 Å². The summed E-state index contributed by atoms with van der Waals surface area (Å²) < 4.78 is 0. The van der Waals surface area contributed by atoms with Crippen LogP contribution >= 0.6 is 0 Å². The van der Waals surface area contributed by atoms with Crippen molar-refractivity contribution in [3.8, 4) is 6.07 Å². The molecule has 0 radical (unpaired) electrons. The Kier molecular flexibility index (Phi) is 4.67. The molecule has 1 saturated heterocycles. The zero-order valence-corrected chi connectivity index (χ0v) is 12.6. The molecule has 2 aromatic rings. The number of hydrogen-bond acceptors (Lipinski definition) is 4. The van der Waals surface area contributed by atoms with Gasteiger partial charge in [0, 0.05) is 12.7 Å². The number of anilines is 1. The first-order valence-electron chi connectivity index (χ1n) is 7.75. The number of hydrogen-bond donors (Lipinski definition) is 1. The van der Waals surface area contributed by atoms with Crippen LogP contribution in [0.4, 0.5) is 5.82 Å². The number of nitrogens with zero attached hydrogens (tertiary/aromatic N) is 3. The van der Waals surface area contributed by atoms with Crippen molar-refractivity contribution in [1.29, 1.82) is 5.26 Å². The first-order valence-corrected chi connectivity index (χ1v) is 7.75. The second-order valence-corrected chi connectivity index (χ2v) is 5.66. The van der Waals surface area contributed by atoms with Crippen LogP contribution in [0.1, 0.15) is 30.0 Å². The summed E-state index contributed by atoms with van der Waals surface area (Å²) in [5.41, 5.74) is 1.88. The topological polar surface area (TPSA) is 52.0 Å². The molecule has 1 atom stereocenters. The number of nitrogens with one attached hydrogen (secondary N) is 1. The third-order valence-corrected chi connectivity index (χ3v) is 4.05. The van der Waals surface area contributed by atoms with E-state index in [2.05, 4.69) is 45.5 Å². The third-order valence-electron chi connectivity index (χ3n) is 4.05. The number of aromatic nitrogens is 1. The zero-order valence-electron chi connectivity index (χ0n) is 12.6. The highest BCUT2D eigenvalue weighted by atomic mass is 15.2. The summed E-state index contributed by atoms with van der Waals surface area (Å²) in [5, 5.41) is 12.5. The molecular formula is C18H20N4. The average molecular weight is 292 g/mol. The molecule has 1 N–H and O–H groups in total. The van der Waals surface area contributed by atoms with E-state index >= 15 is 0 Å². The monoisotopic (exact) mass is 292 g/mol. The molecule has 0 bridgehead atoms. The molecule has 2 heterocycles. The molecule has 1 fully saturated rings. The van der Waals surface area contributed by atoms with E-state index in [1.807, 2.05) is 6.07 Å². The van der Waals surface area contributed by atoms with E-state index < -0.39 is 0 Å². The van der Waals surface area contributed by atoms with Crippen LogP contribution in [-0.4, -0.2) is 29.5 Å². The lowest BCUT2D eigenvalue weighted by atomic mass is 10.1. The highest BCUT2D eigenvalue weighted by molar-refractivity contribution is 5.44. The van der Waals surface area contributed by atoms with Crippen molar-refractivity contribution in [2.24, 2.45) is 0 Å². The predicted octanol–water partition coefficient (Wildman–Crippen LogP) is 3.20. The first kappa shape index (κ1) is 14.6. The van der Waals surface area contributed by atoms with Crippen molar-refractivity contribution < 1.29 is 0 Å². The van der Waals surface area contributed by atoms with Crippen molar-refractivity contribution >= 4 is 5.82 Å². The van der Waals surface area contributed by atoms with Gasteiger partial charge in [-0.3, -0.25) is 0 Å². The van der Waals surface area contributed by atoms with Crippen molar-refractivity contribution in [3.05, 3.63) is 59.8 Å². The Bertz CT molecular complexity index is 642. The van der Waals surface area contributed by atoms with E-state index in [4.69, 9.17) is 5.26 Å². The van der Waals surface area contributed by atoms with Gasteiger partial charge in [0.05, 0.1) is 17.7 Å². The Labute approximate surface area is 131 Å². The minimum absolute atomic E-state index is 0.181. The van der Waals surface area contributed by atoms with Gasteiger partial charge in [0.25, 0.3) is 0 Å². The van der Waals surface area contributed by atoms with Crippen molar-refractivity contribution in [2.75, 3.05) is 25.0 Å². The number of likely N-dealkylation sites (tertiary alicyclic amines) is 1. The summed E-state index contributed by atoms with van der Waals surface area (Å²) in [5.74, 6) is 0.757. The Morgan fingerprint density at radius 3 is 2.68 bits per heavy atom. The summed E-state index contributed by atoms with van der Waals surface area (Å²) in [7, 11) is 0. The fourth-order valence-corrected chi connectivity index (χ4v) is 2.90. The lowest BCUT2D eigenvalue weighted by molar-refractivity contribution is 0.323. The highest BCUT2D eigenvalue weighted by Crippen LogP contribution is 2.22. The van der Waals surface area contributed by atoms with E-state index in [1.165, 1.54) is 18.4 Å². The number of pyridine rings is 1. The zero-order chi connectivity index (χ0) is 15.2. The lowest BCUT2D eigenvalue weighted by Gasteiger charge is -2.25. The van der Waals surface area contributed by atoms with E-state index in [-0.39, 0.29) is 6.04 Å². The van der Waals surface area contributed by atoms with Gasteiger partial charge in [0.2, 0.25) is 0 Å². The second-order valence-electron chi connectivity index (χ2n) is 5.66. The quantitative estimate of drug-likeness (QED) is 0.919. The molecule has 0 unspecified atom stereocenters. The fraction of sp³-hybridized carbons (Fsp3) is 0.333. The van der Waals surface area contributed by atoms with Crippen LogP contribution in [0.2, 0.25) is 0 Å². The maximum absolute atomic E-state index is 9.03. The summed E-state index contributed by atoms with van der Waals surface area (Å²) in [6.45, 7) is 3.29. The minimum Gasteiger partial charge on any atom is -0.362 e. The van der Waals surface area contributed by atoms with Crippen LogP contribution < -0.4 is 5.32 Å². The summed E-state index contributed by atoms with van der Waals surface area (Å²) in [6.07, 6.45) is 4.24. The predicted molar refractivity (Wildman–Crippen MR) is 87.4 cm³/mol. The summed E-state index contributed by atoms with van der Waals surface area (Å²) in [4.78, 5) is 6.83. The summed E-state index contributed by atoms with van der Waals surface area (Å²) in [6, 6.07) is 16.3. The largest absolute Gasteiger partial charge is 0.362 e. The van der Waals surface area contributed by atoms with Crippen LogP contribution in [0.3, 0.4) is 0 Å². The minimum atomic E-state index is 0.181. The Hall–Kier alpha value is -2.38. The second kappa shape index (κ2) is 7.06. The third kappa shape index (κ3) is 3.63. The Morgan fingerprint density at radius 1 is 1.18 bits per heavy atom. The molecular weight excluding hydrogens is 272 g/mol. The molecule has 0 spiro atoms. The lowest BCUT2D eigenvalue weighted by Crippen LogP contribution is -2.29. The molecule has 3 rings (SSSR count). The van der Waals surface area contributed by atoms with Crippen LogP contribution in [0.25, 0.3) is 0 Å². The van der Waals surface area contributed by atoms with Crippen molar-refractivity contribution in [3.63, 3.8) is 0 Å². The molecule has 22 heavy (non-hydrogen) atoms. The molecule has 1 aliphatic heterocycles. The van der Waals surface area contributed by atoms with Crippen LogP contribution in [0.5, 0.6) is 0 Å². The van der Waals surface area contributed by atoms with Gasteiger partial charge in [0.1, 0.15) is 5.82 Å². The van der Waals surface area contributed by atoms with E-state index in [0.29, 0.717) is 5.56 Å². The average Bonchev–Trinajstić information content (AvgIpc) is 3.08. The molecule has 1 aromatic carbocycles. The normalized spacial score (nSPS) is 16.1. The van der Waals surface area contributed by atoms with Gasteiger partial charge < -0.3 is 10.2 Å². The van der Waals surface area contributed by atoms with Gasteiger partial charge in [-0.05, 0) is 43.6 Å². The van der Waals surface area contributed by atoms with Gasteiger partial charge in [-0.15, -0.1) is 0 Å². The Morgan fingerprint density at radius 2 is 1.95 bits per heavy atom. The van der Waals surface area contributed by atoms with Crippen molar-refractivity contribution in [1.82, 2.24) is 9.88 Å². The Balaban J connectivity index is 1.79. The smallest absolute Gasteiger partial charge is 0.127 e. The molecule has 1 aliphatic rings. The molecule has 4 nitrogen and oxygen atoms in total. The maximum Gasteiger partial charge on any atom is 0.127 e. The number of rotatable bonds is 5. The SMILES string of the molecule is N#Cc1ccnc(N[C@H](CN2CCCC2)c2ccccc2)c1.